The van der Waals surface area contributed by atoms with Crippen LogP contribution in [-0.2, 0) is 26.0 Å². The molecular weight excluding hydrogens is 489 g/mol. The Bertz CT molecular complexity index is 656. The summed E-state index contributed by atoms with van der Waals surface area (Å²) in [5.41, 5.74) is 0. The number of hydrogen-bond donors (Lipinski definition) is 0. The summed E-state index contributed by atoms with van der Waals surface area (Å²) in [5, 5.41) is 0. The minimum absolute atomic E-state index is 0.531. The Hall–Kier alpha value is 0.761. The summed E-state index contributed by atoms with van der Waals surface area (Å²) in [7, 11) is -7.33. The predicted octanol–water partition coefficient (Wildman–Crippen LogP) is 5.84. The second kappa shape index (κ2) is 11.0. The summed E-state index contributed by atoms with van der Waals surface area (Å²) in [6, 6.07) is 1.04. The van der Waals surface area contributed by atoms with Gasteiger partial charge in [0.1, 0.15) is 0 Å². The van der Waals surface area contributed by atoms with Gasteiger partial charge in [0.15, 0.2) is 0 Å². The number of hydrogen-bond acceptors (Lipinski definition) is 7. The summed E-state index contributed by atoms with van der Waals surface area (Å²) in [4.78, 5) is 0. The van der Waals surface area contributed by atoms with Crippen molar-refractivity contribution in [3.8, 4) is 0 Å². The van der Waals surface area contributed by atoms with E-state index < -0.39 is 25.7 Å². The van der Waals surface area contributed by atoms with E-state index in [0.29, 0.717) is 31.0 Å². The SMILES string of the molecule is CCO[Si](C)(C)O[SiH-](C)(CCC1CCC2OC2C1)O[Si](C)(C)OSCCC1CCC2OC2C1. The van der Waals surface area contributed by atoms with Crippen molar-refractivity contribution < 1.29 is 26.0 Å². The normalized spacial score (nSPS) is 34.5. The van der Waals surface area contributed by atoms with E-state index in [1.54, 1.807) is 12.0 Å². The van der Waals surface area contributed by atoms with Crippen LogP contribution in [0.3, 0.4) is 0 Å². The number of rotatable bonds is 14. The van der Waals surface area contributed by atoms with Gasteiger partial charge in [0.2, 0.25) is 0 Å². The van der Waals surface area contributed by atoms with Crippen molar-refractivity contribution in [3.05, 3.63) is 0 Å². The van der Waals surface area contributed by atoms with Crippen LogP contribution < -0.4 is 0 Å². The van der Waals surface area contributed by atoms with Gasteiger partial charge in [-0.25, -0.2) is 0 Å². The van der Waals surface area contributed by atoms with Crippen molar-refractivity contribution in [3.63, 3.8) is 0 Å². The van der Waals surface area contributed by atoms with E-state index in [0.717, 1.165) is 23.6 Å². The van der Waals surface area contributed by atoms with Gasteiger partial charge in [0.05, 0.1) is 0 Å². The summed E-state index contributed by atoms with van der Waals surface area (Å²) in [6.07, 6.45) is 12.2. The van der Waals surface area contributed by atoms with Crippen LogP contribution in [0.5, 0.6) is 0 Å². The van der Waals surface area contributed by atoms with E-state index in [2.05, 4.69) is 39.7 Å². The van der Waals surface area contributed by atoms with Crippen molar-refractivity contribution in [1.82, 2.24) is 0 Å². The predicted molar refractivity (Wildman–Crippen MR) is 141 cm³/mol. The van der Waals surface area contributed by atoms with Crippen LogP contribution in [0.4, 0.5) is 0 Å². The molecule has 0 N–H and O–H groups in total. The summed E-state index contributed by atoms with van der Waals surface area (Å²) in [5.74, 6) is 2.57. The molecule has 0 amide bonds. The third kappa shape index (κ3) is 8.40. The van der Waals surface area contributed by atoms with Crippen molar-refractivity contribution in [1.29, 1.82) is 0 Å². The monoisotopic (exact) mass is 535 g/mol. The van der Waals surface area contributed by atoms with Gasteiger partial charge in [-0.15, -0.1) is 0 Å². The van der Waals surface area contributed by atoms with Gasteiger partial charge in [0, 0.05) is 0 Å². The molecule has 33 heavy (non-hydrogen) atoms. The molecular formula is C23H47O6SSi3-. The van der Waals surface area contributed by atoms with Gasteiger partial charge < -0.3 is 0 Å². The molecule has 4 rings (SSSR count). The molecule has 0 bridgehead atoms. The van der Waals surface area contributed by atoms with Crippen LogP contribution in [0.25, 0.3) is 0 Å². The van der Waals surface area contributed by atoms with E-state index >= 15 is 0 Å². The van der Waals surface area contributed by atoms with E-state index in [1.165, 1.54) is 51.4 Å². The van der Waals surface area contributed by atoms with Gasteiger partial charge in [-0.05, 0) is 0 Å². The number of ether oxygens (including phenoxy) is 2. The molecule has 4 aliphatic rings. The second-order valence-electron chi connectivity index (χ2n) is 11.8. The fourth-order valence-electron chi connectivity index (χ4n) is 6.18. The third-order valence-corrected chi connectivity index (χ3v) is 21.1. The Balaban J connectivity index is 1.25. The molecule has 2 heterocycles. The Morgan fingerprint density at radius 2 is 1.39 bits per heavy atom. The van der Waals surface area contributed by atoms with Crippen LogP contribution >= 0.6 is 12.0 Å². The molecule has 10 heteroatoms. The summed E-state index contributed by atoms with van der Waals surface area (Å²) in [6.45, 7) is 13.7. The molecule has 6 atom stereocenters. The summed E-state index contributed by atoms with van der Waals surface area (Å²) < 4.78 is 37.6. The van der Waals surface area contributed by atoms with Gasteiger partial charge >= 0.3 is 209 Å². The Morgan fingerprint density at radius 3 is 1.97 bits per heavy atom. The fraction of sp³-hybridized carbons (Fsp3) is 1.00. The molecule has 4 fully saturated rings. The molecule has 2 aliphatic heterocycles. The zero-order valence-electron chi connectivity index (χ0n) is 21.7. The first-order valence-corrected chi connectivity index (χ1v) is 22.9. The van der Waals surface area contributed by atoms with Crippen molar-refractivity contribution in [2.45, 2.75) is 121 Å². The van der Waals surface area contributed by atoms with Gasteiger partial charge in [-0.1, -0.05) is 0 Å². The zero-order chi connectivity index (χ0) is 23.7. The van der Waals surface area contributed by atoms with E-state index in [4.69, 9.17) is 26.0 Å². The molecule has 0 radical (unpaired) electrons. The summed E-state index contributed by atoms with van der Waals surface area (Å²) >= 11 is 1.62. The molecule has 2 saturated carbocycles. The topological polar surface area (TPSA) is 62.0 Å². The molecule has 0 aromatic carbocycles. The maximum absolute atomic E-state index is 6.90. The first-order chi connectivity index (χ1) is 15.6. The average Bonchev–Trinajstić information content (AvgIpc) is 3.62. The Labute approximate surface area is 209 Å². The van der Waals surface area contributed by atoms with Gasteiger partial charge in [0.25, 0.3) is 0 Å². The van der Waals surface area contributed by atoms with Crippen LogP contribution in [0.2, 0.25) is 38.8 Å². The second-order valence-corrected chi connectivity index (χ2v) is 24.1. The van der Waals surface area contributed by atoms with Gasteiger partial charge in [-0.2, -0.15) is 0 Å². The molecule has 6 unspecified atom stereocenters. The molecule has 0 spiro atoms. The van der Waals surface area contributed by atoms with E-state index in [-0.39, 0.29) is 0 Å². The quantitative estimate of drug-likeness (QED) is 0.120. The standard InChI is InChI=1S/C23H47O6SSi3/c1-7-24-31(2,3)28-33(6,15-13-19-9-11-21-23(17-19)26-21)29-32(4,5)27-30-14-12-18-8-10-20-22(16-18)25-20/h18-23,33H,7-17H2,1-6H3/q-1. The van der Waals surface area contributed by atoms with Crippen molar-refractivity contribution in [2.75, 3.05) is 12.4 Å². The van der Waals surface area contributed by atoms with E-state index in [9.17, 15) is 0 Å². The fourth-order valence-corrected chi connectivity index (χ4v) is 21.8. The van der Waals surface area contributed by atoms with E-state index in [1.807, 2.05) is 0 Å². The molecule has 2 saturated heterocycles. The van der Waals surface area contributed by atoms with Crippen LogP contribution in [0, 0.1) is 11.8 Å². The molecule has 2 aliphatic carbocycles. The third-order valence-electron chi connectivity index (χ3n) is 7.75. The Morgan fingerprint density at radius 1 is 0.818 bits per heavy atom. The first-order valence-electron chi connectivity index (χ1n) is 13.4. The van der Waals surface area contributed by atoms with Crippen molar-refractivity contribution >= 4 is 37.7 Å². The average molecular weight is 536 g/mol. The zero-order valence-corrected chi connectivity index (χ0v) is 25.6. The van der Waals surface area contributed by atoms with Crippen molar-refractivity contribution in [2.24, 2.45) is 11.8 Å². The first kappa shape index (κ1) is 26.8. The molecule has 6 nitrogen and oxygen atoms in total. The van der Waals surface area contributed by atoms with Crippen LogP contribution in [-0.4, -0.2) is 62.5 Å². The molecule has 0 aromatic heterocycles. The van der Waals surface area contributed by atoms with Gasteiger partial charge in [-0.3, -0.25) is 0 Å². The number of epoxide rings is 2. The van der Waals surface area contributed by atoms with Crippen LogP contribution in [0.15, 0.2) is 0 Å². The Kier molecular flexibility index (Phi) is 8.95. The van der Waals surface area contributed by atoms with Crippen LogP contribution in [0.1, 0.15) is 58.3 Å². The number of fused-ring (bicyclic) bond motifs is 2. The maximum atomic E-state index is 6.90. The molecule has 0 aromatic rings. The molecule has 194 valence electrons. The minimum atomic E-state index is -2.80.